The number of rotatable bonds is 7. The summed E-state index contributed by atoms with van der Waals surface area (Å²) in [4.78, 5) is 11.7. The van der Waals surface area contributed by atoms with Crippen LogP contribution in [0.4, 0.5) is 0 Å². The molecule has 2 rings (SSSR count). The Morgan fingerprint density at radius 2 is 2.04 bits per heavy atom. The summed E-state index contributed by atoms with van der Waals surface area (Å²) in [6.45, 7) is 2.89. The normalized spacial score (nSPS) is 11.5. The molecular formula is C15H16Cl2N2O5S. The van der Waals surface area contributed by atoms with E-state index in [0.717, 1.165) is 0 Å². The maximum Gasteiger partial charge on any atom is 0.307 e. The van der Waals surface area contributed by atoms with Gasteiger partial charge in [-0.2, -0.15) is 0 Å². The second-order valence-electron chi connectivity index (χ2n) is 5.20. The number of sulfonamides is 1. The first-order valence-corrected chi connectivity index (χ1v) is 9.46. The van der Waals surface area contributed by atoms with E-state index in [9.17, 15) is 13.2 Å². The fraction of sp³-hybridized carbons (Fsp3) is 0.333. The van der Waals surface area contributed by atoms with Crippen molar-refractivity contribution in [2.45, 2.75) is 31.8 Å². The zero-order valence-electron chi connectivity index (χ0n) is 13.5. The third kappa shape index (κ3) is 5.18. The molecule has 0 radical (unpaired) electrons. The summed E-state index contributed by atoms with van der Waals surface area (Å²) in [6, 6.07) is 4.83. The lowest BCUT2D eigenvalue weighted by Crippen LogP contribution is -2.27. The predicted molar refractivity (Wildman–Crippen MR) is 92.0 cm³/mol. The van der Waals surface area contributed by atoms with Gasteiger partial charge >= 0.3 is 5.97 Å². The van der Waals surface area contributed by atoms with Crippen LogP contribution >= 0.6 is 23.2 Å². The van der Waals surface area contributed by atoms with Crippen molar-refractivity contribution in [2.24, 2.45) is 0 Å². The van der Waals surface area contributed by atoms with Crippen molar-refractivity contribution < 1.29 is 22.5 Å². The molecule has 0 aliphatic rings. The first-order chi connectivity index (χ1) is 11.7. The van der Waals surface area contributed by atoms with Gasteiger partial charge in [0, 0.05) is 22.2 Å². The molecule has 7 nitrogen and oxygen atoms in total. The van der Waals surface area contributed by atoms with Gasteiger partial charge in [-0.1, -0.05) is 34.4 Å². The lowest BCUT2D eigenvalue weighted by atomic mass is 10.2. The molecule has 0 fully saturated rings. The van der Waals surface area contributed by atoms with Crippen molar-refractivity contribution in [2.75, 3.05) is 6.54 Å². The maximum absolute atomic E-state index is 12.2. The number of carbonyl (C=O) groups is 1. The number of ether oxygens (including phenoxy) is 1. The van der Waals surface area contributed by atoms with Gasteiger partial charge in [0.25, 0.3) is 0 Å². The number of aryl methyl sites for hydroxylation is 2. The molecule has 136 valence electrons. The molecule has 0 saturated carbocycles. The molecule has 0 amide bonds. The number of nitrogens with zero attached hydrogens (tertiary/aromatic N) is 1. The molecule has 2 aromatic rings. The van der Waals surface area contributed by atoms with Crippen LogP contribution in [0, 0.1) is 13.8 Å². The van der Waals surface area contributed by atoms with Gasteiger partial charge in [0.15, 0.2) is 5.76 Å². The third-order valence-corrected chi connectivity index (χ3v) is 5.55. The zero-order chi connectivity index (χ0) is 18.6. The van der Waals surface area contributed by atoms with Gasteiger partial charge in [-0.3, -0.25) is 4.79 Å². The molecule has 1 N–H and O–H groups in total. The standard InChI is InChI=1S/C15H16Cl2N2O5S/c1-9-15(10(2)24-19-9)25(21,22)18-6-5-14(20)23-8-11-3-4-12(16)7-13(11)17/h3-4,7,18H,5-6,8H2,1-2H3. The van der Waals surface area contributed by atoms with Gasteiger partial charge in [0.2, 0.25) is 10.0 Å². The molecule has 0 aliphatic carbocycles. The van der Waals surface area contributed by atoms with Gasteiger partial charge < -0.3 is 9.26 Å². The van der Waals surface area contributed by atoms with Crippen molar-refractivity contribution in [1.82, 2.24) is 9.88 Å². The molecule has 0 unspecified atom stereocenters. The number of hydrogen-bond donors (Lipinski definition) is 1. The van der Waals surface area contributed by atoms with Gasteiger partial charge in [0.1, 0.15) is 17.2 Å². The van der Waals surface area contributed by atoms with Gasteiger partial charge in [0.05, 0.1) is 6.42 Å². The van der Waals surface area contributed by atoms with E-state index in [1.807, 2.05) is 0 Å². The van der Waals surface area contributed by atoms with Crippen LogP contribution in [0.15, 0.2) is 27.6 Å². The number of aromatic nitrogens is 1. The summed E-state index contributed by atoms with van der Waals surface area (Å²) in [5.74, 6) is -0.377. The van der Waals surface area contributed by atoms with Crippen LogP contribution in [0.25, 0.3) is 0 Å². The summed E-state index contributed by atoms with van der Waals surface area (Å²) >= 11 is 11.8. The SMILES string of the molecule is Cc1noc(C)c1S(=O)(=O)NCCC(=O)OCc1ccc(Cl)cc1Cl. The van der Waals surface area contributed by atoms with Crippen LogP contribution in [-0.2, 0) is 26.2 Å². The van der Waals surface area contributed by atoms with E-state index in [-0.39, 0.29) is 35.9 Å². The number of esters is 1. The average molecular weight is 407 g/mol. The summed E-state index contributed by atoms with van der Waals surface area (Å²) in [5, 5.41) is 4.46. The van der Waals surface area contributed by atoms with E-state index in [4.69, 9.17) is 32.5 Å². The Morgan fingerprint density at radius 3 is 2.64 bits per heavy atom. The van der Waals surface area contributed by atoms with Crippen molar-refractivity contribution in [3.63, 3.8) is 0 Å². The second kappa shape index (κ2) is 8.18. The quantitative estimate of drug-likeness (QED) is 0.709. The van der Waals surface area contributed by atoms with E-state index >= 15 is 0 Å². The fourth-order valence-electron chi connectivity index (χ4n) is 2.09. The smallest absolute Gasteiger partial charge is 0.307 e. The molecule has 0 aliphatic heterocycles. The van der Waals surface area contributed by atoms with Crippen LogP contribution in [-0.4, -0.2) is 26.1 Å². The van der Waals surface area contributed by atoms with E-state index in [0.29, 0.717) is 15.6 Å². The molecule has 1 aromatic carbocycles. The highest BCUT2D eigenvalue weighted by Crippen LogP contribution is 2.22. The number of halogens is 2. The van der Waals surface area contributed by atoms with Crippen LogP contribution in [0.2, 0.25) is 10.0 Å². The fourth-order valence-corrected chi connectivity index (χ4v) is 3.91. The first kappa shape index (κ1) is 19.7. The second-order valence-corrected chi connectivity index (χ2v) is 7.74. The number of nitrogens with one attached hydrogen (secondary N) is 1. The Balaban J connectivity index is 1.84. The molecule has 0 spiro atoms. The average Bonchev–Trinajstić information content (AvgIpc) is 2.86. The van der Waals surface area contributed by atoms with Gasteiger partial charge in [-0.25, -0.2) is 13.1 Å². The summed E-state index contributed by atoms with van der Waals surface area (Å²) in [5.41, 5.74) is 0.862. The monoisotopic (exact) mass is 406 g/mol. The third-order valence-electron chi connectivity index (χ3n) is 3.26. The van der Waals surface area contributed by atoms with Crippen LogP contribution in [0.1, 0.15) is 23.4 Å². The highest BCUT2D eigenvalue weighted by molar-refractivity contribution is 7.89. The minimum Gasteiger partial charge on any atom is -0.461 e. The molecular weight excluding hydrogens is 391 g/mol. The minimum absolute atomic E-state index is 0.0196. The molecule has 1 heterocycles. The number of benzene rings is 1. The largest absolute Gasteiger partial charge is 0.461 e. The molecule has 10 heteroatoms. The molecule has 0 saturated heterocycles. The van der Waals surface area contributed by atoms with E-state index in [2.05, 4.69) is 9.88 Å². The first-order valence-electron chi connectivity index (χ1n) is 7.23. The van der Waals surface area contributed by atoms with Gasteiger partial charge in [-0.05, 0) is 26.0 Å². The topological polar surface area (TPSA) is 98.5 Å². The summed E-state index contributed by atoms with van der Waals surface area (Å²) in [6.07, 6.45) is -0.131. The van der Waals surface area contributed by atoms with E-state index < -0.39 is 16.0 Å². The predicted octanol–water partition coefficient (Wildman–Crippen LogP) is 3.01. The summed E-state index contributed by atoms with van der Waals surface area (Å²) in [7, 11) is -3.80. The highest BCUT2D eigenvalue weighted by atomic mass is 35.5. The molecule has 0 atom stereocenters. The number of hydrogen-bond acceptors (Lipinski definition) is 6. The van der Waals surface area contributed by atoms with Gasteiger partial charge in [-0.15, -0.1) is 0 Å². The number of carbonyl (C=O) groups excluding carboxylic acids is 1. The van der Waals surface area contributed by atoms with Crippen LogP contribution < -0.4 is 4.72 Å². The Hall–Kier alpha value is -1.61. The van der Waals surface area contributed by atoms with Crippen LogP contribution in [0.5, 0.6) is 0 Å². The van der Waals surface area contributed by atoms with Crippen molar-refractivity contribution in [3.05, 3.63) is 45.3 Å². The van der Waals surface area contributed by atoms with Crippen molar-refractivity contribution in [1.29, 1.82) is 0 Å². The zero-order valence-corrected chi connectivity index (χ0v) is 15.8. The Morgan fingerprint density at radius 1 is 1.32 bits per heavy atom. The molecule has 25 heavy (non-hydrogen) atoms. The Bertz CT molecular complexity index is 861. The van der Waals surface area contributed by atoms with Crippen LogP contribution in [0.3, 0.4) is 0 Å². The van der Waals surface area contributed by atoms with Crippen molar-refractivity contribution in [3.8, 4) is 0 Å². The minimum atomic E-state index is -3.80. The Labute approximate surface area is 155 Å². The maximum atomic E-state index is 12.2. The van der Waals surface area contributed by atoms with E-state index in [1.54, 1.807) is 18.2 Å². The summed E-state index contributed by atoms with van der Waals surface area (Å²) < 4.78 is 36.6. The Kier molecular flexibility index (Phi) is 6.45. The van der Waals surface area contributed by atoms with E-state index in [1.165, 1.54) is 13.8 Å². The molecule has 0 bridgehead atoms. The highest BCUT2D eigenvalue weighted by Gasteiger charge is 2.24. The lowest BCUT2D eigenvalue weighted by molar-refractivity contribution is -0.144. The molecule has 1 aromatic heterocycles. The lowest BCUT2D eigenvalue weighted by Gasteiger charge is -2.08. The van der Waals surface area contributed by atoms with Crippen molar-refractivity contribution >= 4 is 39.2 Å².